The van der Waals surface area contributed by atoms with E-state index in [1.165, 1.54) is 18.7 Å². The number of fused-ring (bicyclic) bond motifs is 1. The van der Waals surface area contributed by atoms with Gasteiger partial charge in [-0.3, -0.25) is 4.90 Å². The fraction of sp³-hybridized carbons (Fsp3) is 0.304. The second-order valence-electron chi connectivity index (χ2n) is 8.49. The van der Waals surface area contributed by atoms with Crippen LogP contribution in [0.25, 0.3) is 11.4 Å². The molecule has 4 aromatic rings. The van der Waals surface area contributed by atoms with E-state index in [0.29, 0.717) is 30.5 Å². The quantitative estimate of drug-likeness (QED) is 0.363. The molecule has 0 radical (unpaired) electrons. The molecule has 0 unspecified atom stereocenters. The lowest BCUT2D eigenvalue weighted by atomic mass is 9.85. The zero-order chi connectivity index (χ0) is 23.9. The van der Waals surface area contributed by atoms with Crippen molar-refractivity contribution in [3.63, 3.8) is 0 Å². The van der Waals surface area contributed by atoms with E-state index in [9.17, 15) is 13.9 Å². The van der Waals surface area contributed by atoms with Crippen molar-refractivity contribution in [2.45, 2.75) is 38.2 Å². The van der Waals surface area contributed by atoms with Crippen molar-refractivity contribution in [1.29, 1.82) is 0 Å². The van der Waals surface area contributed by atoms with Crippen LogP contribution < -0.4 is 9.36 Å². The normalized spacial score (nSPS) is 16.7. The van der Waals surface area contributed by atoms with Crippen LogP contribution in [0.4, 0.5) is 8.78 Å². The highest BCUT2D eigenvalue weighted by atomic mass is 35.5. The van der Waals surface area contributed by atoms with E-state index in [0.717, 1.165) is 23.5 Å². The highest BCUT2D eigenvalue weighted by Gasteiger charge is 2.45. The van der Waals surface area contributed by atoms with Crippen molar-refractivity contribution in [1.82, 2.24) is 25.1 Å². The Labute approximate surface area is 199 Å². The van der Waals surface area contributed by atoms with Crippen LogP contribution >= 0.6 is 11.6 Å². The number of aromatic amines is 2. The summed E-state index contributed by atoms with van der Waals surface area (Å²) in [7, 11) is 0. The molecule has 3 heterocycles. The van der Waals surface area contributed by atoms with Crippen LogP contribution in [0.3, 0.4) is 0 Å². The number of hydrogen-bond acceptors (Lipinski definition) is 4. The first-order valence-electron chi connectivity index (χ1n) is 10.9. The van der Waals surface area contributed by atoms with E-state index in [1.54, 1.807) is 4.68 Å². The Balaban J connectivity index is 1.45. The standard InChI is InChI=1S/C23H22ClF2N7O/c1-15(23(34,12-32-14-27-13-28-32)19-7-6-18(25)10-20(19)26)31-8-9-33-21(11-31)29-22(30-33)16-2-4-17(24)5-3-16/h2-7,10,13-15,34H,8-9,11-12H2,1H3/p+2/t15-,23-/m1/s1. The number of aromatic nitrogens is 6. The Hall–Kier alpha value is -3.21. The third kappa shape index (κ3) is 4.20. The lowest BCUT2D eigenvalue weighted by Crippen LogP contribution is -2.61. The van der Waals surface area contributed by atoms with Crippen molar-refractivity contribution in [2.75, 3.05) is 6.54 Å². The van der Waals surface area contributed by atoms with E-state index in [4.69, 9.17) is 16.6 Å². The number of nitrogens with one attached hydrogen (secondary N) is 2. The first-order valence-corrected chi connectivity index (χ1v) is 11.3. The number of benzene rings is 2. The molecule has 34 heavy (non-hydrogen) atoms. The van der Waals surface area contributed by atoms with Gasteiger partial charge in [0, 0.05) is 34.8 Å². The summed E-state index contributed by atoms with van der Waals surface area (Å²) >= 11 is 6.00. The number of nitrogens with zero attached hydrogens (tertiary/aromatic N) is 5. The molecule has 0 fully saturated rings. The molecule has 176 valence electrons. The van der Waals surface area contributed by atoms with E-state index in [-0.39, 0.29) is 12.1 Å². The van der Waals surface area contributed by atoms with Gasteiger partial charge in [0.05, 0.1) is 0 Å². The fourth-order valence-corrected chi connectivity index (χ4v) is 4.58. The van der Waals surface area contributed by atoms with Gasteiger partial charge in [-0.15, -0.1) is 0 Å². The Morgan fingerprint density at radius 1 is 1.24 bits per heavy atom. The summed E-state index contributed by atoms with van der Waals surface area (Å²) in [5, 5.41) is 18.7. The number of aliphatic hydroxyl groups is 1. The van der Waals surface area contributed by atoms with Crippen LogP contribution in [-0.4, -0.2) is 42.8 Å². The Morgan fingerprint density at radius 3 is 2.74 bits per heavy atom. The monoisotopic (exact) mass is 487 g/mol. The molecule has 0 bridgehead atoms. The van der Waals surface area contributed by atoms with Crippen molar-refractivity contribution < 1.29 is 23.3 Å². The summed E-state index contributed by atoms with van der Waals surface area (Å²) in [6, 6.07) is 10.1. The van der Waals surface area contributed by atoms with E-state index in [2.05, 4.69) is 15.2 Å². The topological polar surface area (TPSA) is 88.6 Å². The summed E-state index contributed by atoms with van der Waals surface area (Å²) in [6.45, 7) is 3.48. The molecular formula is C23H24ClF2N7O+2. The highest BCUT2D eigenvalue weighted by Crippen LogP contribution is 2.32. The predicted molar refractivity (Wildman–Crippen MR) is 118 cm³/mol. The zero-order valence-corrected chi connectivity index (χ0v) is 19.2. The third-order valence-electron chi connectivity index (χ3n) is 6.42. The van der Waals surface area contributed by atoms with Gasteiger partial charge in [-0.05, 0) is 47.2 Å². The maximum atomic E-state index is 14.9. The van der Waals surface area contributed by atoms with E-state index < -0.39 is 23.3 Å². The van der Waals surface area contributed by atoms with Crippen molar-refractivity contribution in [3.8, 4) is 11.4 Å². The summed E-state index contributed by atoms with van der Waals surface area (Å²) in [5.74, 6) is 0.00948. The average molecular weight is 488 g/mol. The van der Waals surface area contributed by atoms with E-state index in [1.807, 2.05) is 40.8 Å². The maximum Gasteiger partial charge on any atom is 0.333 e. The predicted octanol–water partition coefficient (Wildman–Crippen LogP) is 2.10. The molecule has 3 N–H and O–H groups in total. The minimum atomic E-state index is -1.67. The number of rotatable bonds is 6. The summed E-state index contributed by atoms with van der Waals surface area (Å²) < 4.78 is 32.0. The molecule has 2 aromatic heterocycles. The van der Waals surface area contributed by atoms with Gasteiger partial charge in [0.25, 0.3) is 5.82 Å². The SMILES string of the molecule is C[C@@H](N1CC[n+]2[nH]c(-c3ccc(Cl)cc3)nc2C1)[C@](O)(C[n+]1cnc[nH]1)c1ccc(F)cc1F. The largest absolute Gasteiger partial charge is 0.379 e. The van der Waals surface area contributed by atoms with Crippen LogP contribution in [0, 0.1) is 11.6 Å². The first-order chi connectivity index (χ1) is 16.3. The first kappa shape index (κ1) is 22.6. The number of halogens is 3. The Kier molecular flexibility index (Phi) is 5.88. The third-order valence-corrected chi connectivity index (χ3v) is 6.67. The molecule has 1 aliphatic heterocycles. The second kappa shape index (κ2) is 8.86. The lowest BCUT2D eigenvalue weighted by Gasteiger charge is -2.40. The number of H-pyrrole nitrogens is 2. The van der Waals surface area contributed by atoms with Crippen LogP contribution in [0.1, 0.15) is 18.3 Å². The zero-order valence-electron chi connectivity index (χ0n) is 18.4. The highest BCUT2D eigenvalue weighted by molar-refractivity contribution is 6.30. The van der Waals surface area contributed by atoms with Crippen molar-refractivity contribution >= 4 is 11.6 Å². The minimum Gasteiger partial charge on any atom is -0.379 e. The number of hydrogen-bond donors (Lipinski definition) is 3. The Morgan fingerprint density at radius 2 is 2.03 bits per heavy atom. The molecule has 11 heteroatoms. The van der Waals surface area contributed by atoms with E-state index >= 15 is 0 Å². The molecule has 8 nitrogen and oxygen atoms in total. The molecular weight excluding hydrogens is 464 g/mol. The van der Waals surface area contributed by atoms with Gasteiger partial charge in [-0.1, -0.05) is 17.7 Å². The Bertz CT molecular complexity index is 1300. The van der Waals surface area contributed by atoms with Crippen LogP contribution in [-0.2, 0) is 25.2 Å². The summed E-state index contributed by atoms with van der Waals surface area (Å²) in [4.78, 5) is 10.8. The fourth-order valence-electron chi connectivity index (χ4n) is 4.45. The molecule has 1 aliphatic rings. The average Bonchev–Trinajstić information content (AvgIpc) is 3.48. The van der Waals surface area contributed by atoms with Gasteiger partial charge in [0.1, 0.15) is 36.9 Å². The smallest absolute Gasteiger partial charge is 0.333 e. The van der Waals surface area contributed by atoms with Crippen molar-refractivity contribution in [3.05, 3.63) is 83.2 Å². The molecule has 2 aromatic carbocycles. The van der Waals surface area contributed by atoms with Gasteiger partial charge >= 0.3 is 12.2 Å². The summed E-state index contributed by atoms with van der Waals surface area (Å²) in [6.07, 6.45) is 2.98. The van der Waals surface area contributed by atoms with Gasteiger partial charge < -0.3 is 5.11 Å². The van der Waals surface area contributed by atoms with Crippen LogP contribution in [0.5, 0.6) is 0 Å². The molecule has 0 spiro atoms. The van der Waals surface area contributed by atoms with Crippen molar-refractivity contribution in [2.24, 2.45) is 0 Å². The van der Waals surface area contributed by atoms with Gasteiger partial charge in [-0.25, -0.2) is 8.78 Å². The lowest BCUT2D eigenvalue weighted by molar-refractivity contribution is -0.768. The second-order valence-corrected chi connectivity index (χ2v) is 8.93. The van der Waals surface area contributed by atoms with Crippen LogP contribution in [0.15, 0.2) is 55.1 Å². The van der Waals surface area contributed by atoms with Gasteiger partial charge in [0.15, 0.2) is 0 Å². The molecule has 0 saturated carbocycles. The van der Waals surface area contributed by atoms with Crippen LogP contribution in [0.2, 0.25) is 5.02 Å². The molecule has 0 saturated heterocycles. The van der Waals surface area contributed by atoms with Gasteiger partial charge in [-0.2, -0.15) is 19.6 Å². The molecule has 0 amide bonds. The molecule has 2 atom stereocenters. The minimum absolute atomic E-state index is 0.00378. The maximum absolute atomic E-state index is 14.9. The molecule has 5 rings (SSSR count). The molecule has 0 aliphatic carbocycles. The summed E-state index contributed by atoms with van der Waals surface area (Å²) in [5.41, 5.74) is -0.746. The van der Waals surface area contributed by atoms with Gasteiger partial charge in [0.2, 0.25) is 6.33 Å².